The zero-order chi connectivity index (χ0) is 7.56. The molecule has 0 bridgehead atoms. The van der Waals surface area contributed by atoms with Crippen LogP contribution in [0.1, 0.15) is 0 Å². The van der Waals surface area contributed by atoms with Crippen molar-refractivity contribution in [3.8, 4) is 0 Å². The van der Waals surface area contributed by atoms with E-state index in [1.165, 1.54) is 11.0 Å². The molecule has 5 heteroatoms. The van der Waals surface area contributed by atoms with Gasteiger partial charge in [-0.2, -0.15) is 0 Å². The molecule has 10 heavy (non-hydrogen) atoms. The third-order valence-corrected chi connectivity index (χ3v) is 3.98. The molecule has 0 atom stereocenters. The summed E-state index contributed by atoms with van der Waals surface area (Å²) in [6, 6.07) is 0. The van der Waals surface area contributed by atoms with Gasteiger partial charge in [0.1, 0.15) is 0 Å². The van der Waals surface area contributed by atoms with Gasteiger partial charge >= 0.3 is 61.0 Å². The number of allylic oxidation sites excluding steroid dienone is 2. The van der Waals surface area contributed by atoms with Gasteiger partial charge in [0.2, 0.25) is 0 Å². The summed E-state index contributed by atoms with van der Waals surface area (Å²) < 4.78 is 9.08. The molecule has 1 N–H and O–H groups in total. The van der Waals surface area contributed by atoms with Gasteiger partial charge in [-0.15, -0.1) is 0 Å². The minimum absolute atomic E-state index is 0.0116. The number of nitro groups is 1. The van der Waals surface area contributed by atoms with Gasteiger partial charge in [0.25, 0.3) is 0 Å². The molecule has 4 nitrogen and oxygen atoms in total. The Hall–Kier alpha value is -0.907. The first kappa shape index (κ1) is 7.20. The monoisotopic (exact) mass is 201 g/mol. The van der Waals surface area contributed by atoms with Crippen molar-refractivity contribution in [3.63, 3.8) is 0 Å². The Morgan fingerprint density at radius 1 is 1.60 bits per heavy atom. The maximum absolute atomic E-state index is 10.1. The SMILES string of the molecule is O=[N+]([O-])[C]1=[Ge]([OH])[CH]=CC=C1. The van der Waals surface area contributed by atoms with E-state index in [-0.39, 0.29) is 4.47 Å². The number of nitrogens with zero attached hydrogens (tertiary/aromatic N) is 1. The van der Waals surface area contributed by atoms with Gasteiger partial charge in [0, 0.05) is 0 Å². The molecule has 0 saturated heterocycles. The molecule has 0 aromatic carbocycles. The molecule has 0 aliphatic carbocycles. The van der Waals surface area contributed by atoms with Crippen LogP contribution in [0.4, 0.5) is 0 Å². The Kier molecular flexibility index (Phi) is 2.01. The van der Waals surface area contributed by atoms with Gasteiger partial charge in [0.15, 0.2) is 0 Å². The molecule has 0 spiro atoms. The van der Waals surface area contributed by atoms with Crippen molar-refractivity contribution in [2.45, 2.75) is 0 Å². The fourth-order valence-electron chi connectivity index (χ4n) is 0.619. The summed E-state index contributed by atoms with van der Waals surface area (Å²) in [5.74, 6) is 0. The zero-order valence-corrected chi connectivity index (χ0v) is 7.12. The number of hydrogen-bond acceptors (Lipinski definition) is 3. The van der Waals surface area contributed by atoms with Crippen LogP contribution in [0.5, 0.6) is 0 Å². The fourth-order valence-corrected chi connectivity index (χ4v) is 2.55. The first-order valence-corrected chi connectivity index (χ1v) is 5.84. The van der Waals surface area contributed by atoms with Crippen LogP contribution >= 0.6 is 0 Å². The summed E-state index contributed by atoms with van der Waals surface area (Å²) in [6.07, 6.45) is 4.56. The molecule has 1 rings (SSSR count). The van der Waals surface area contributed by atoms with Crippen molar-refractivity contribution in [2.75, 3.05) is 0 Å². The Morgan fingerprint density at radius 2 is 2.30 bits per heavy atom. The third-order valence-electron chi connectivity index (χ3n) is 1.08. The summed E-state index contributed by atoms with van der Waals surface area (Å²) in [5.41, 5.74) is 0. The van der Waals surface area contributed by atoms with Gasteiger partial charge in [-0.1, -0.05) is 0 Å². The predicted octanol–water partition coefficient (Wildman–Crippen LogP) is -0.376. The normalized spacial score (nSPS) is 16.0. The van der Waals surface area contributed by atoms with Gasteiger partial charge in [-0.25, -0.2) is 0 Å². The van der Waals surface area contributed by atoms with Gasteiger partial charge in [-0.05, 0) is 0 Å². The third kappa shape index (κ3) is 1.33. The molecule has 0 amide bonds. The topological polar surface area (TPSA) is 63.4 Å². The molecule has 1 heterocycles. The Labute approximate surface area is 61.6 Å². The van der Waals surface area contributed by atoms with Gasteiger partial charge in [-0.3, -0.25) is 0 Å². The molecule has 0 radical (unpaired) electrons. The summed E-state index contributed by atoms with van der Waals surface area (Å²) in [6.45, 7) is 0. The molecule has 0 aromatic rings. The molecule has 0 fully saturated rings. The van der Waals surface area contributed by atoms with Crippen molar-refractivity contribution in [1.29, 1.82) is 0 Å². The first-order chi connectivity index (χ1) is 4.72. The van der Waals surface area contributed by atoms with E-state index in [2.05, 4.69) is 0 Å². The Balaban J connectivity index is 3.04. The van der Waals surface area contributed by atoms with Crippen molar-refractivity contribution < 1.29 is 9.06 Å². The first-order valence-electron chi connectivity index (χ1n) is 2.64. The summed E-state index contributed by atoms with van der Waals surface area (Å²) >= 11 is -2.57. The van der Waals surface area contributed by atoms with Crippen LogP contribution in [-0.4, -0.2) is 27.8 Å². The quantitative estimate of drug-likeness (QED) is 0.356. The summed E-state index contributed by atoms with van der Waals surface area (Å²) in [4.78, 5) is 11.1. The van der Waals surface area contributed by atoms with Crippen molar-refractivity contribution in [1.82, 2.24) is 0 Å². The average Bonchev–Trinajstić information content (AvgIpc) is 1.88. The van der Waals surface area contributed by atoms with E-state index in [0.717, 1.165) is 0 Å². The molecule has 52 valence electrons. The molecule has 0 unspecified atom stereocenters. The summed E-state index contributed by atoms with van der Waals surface area (Å²) in [7, 11) is 0. The van der Waals surface area contributed by atoms with Gasteiger partial charge in [0.05, 0.1) is 0 Å². The molecular weight excluding hydrogens is 195 g/mol. The van der Waals surface area contributed by atoms with Crippen molar-refractivity contribution >= 4 is 18.7 Å². The van der Waals surface area contributed by atoms with E-state index in [4.69, 9.17) is 4.13 Å². The van der Waals surface area contributed by atoms with Crippen molar-refractivity contribution in [2.24, 2.45) is 0 Å². The van der Waals surface area contributed by atoms with Crippen LogP contribution in [-0.2, 0) is 0 Å². The van der Waals surface area contributed by atoms with E-state index in [9.17, 15) is 10.1 Å². The molecule has 0 saturated carbocycles. The zero-order valence-electron chi connectivity index (χ0n) is 5.02. The second-order valence-corrected chi connectivity index (χ2v) is 5.14. The molecule has 1 aliphatic heterocycles. The minimum atomic E-state index is -2.57. The number of rotatable bonds is 1. The molecule has 0 aromatic heterocycles. The summed E-state index contributed by atoms with van der Waals surface area (Å²) in [5, 5.41) is 10.1. The fraction of sp³-hybridized carbons (Fsp3) is 0. The molecule has 1 aliphatic rings. The van der Waals surface area contributed by atoms with Crippen LogP contribution in [0.3, 0.4) is 0 Å². The molecular formula is C5H5GeNO3. The second kappa shape index (κ2) is 2.78. The van der Waals surface area contributed by atoms with Crippen LogP contribution in [0, 0.1) is 10.1 Å². The van der Waals surface area contributed by atoms with E-state index in [1.54, 1.807) is 12.2 Å². The standard InChI is InChI=1S/C5H5GeNO3/c8-6-4-2-1-3-5(6)7(9)10/h1-4,8H. The van der Waals surface area contributed by atoms with E-state index in [0.29, 0.717) is 0 Å². The maximum atomic E-state index is 10.1. The predicted molar refractivity (Wildman–Crippen MR) is 38.3 cm³/mol. The van der Waals surface area contributed by atoms with E-state index >= 15 is 0 Å². The van der Waals surface area contributed by atoms with Crippen LogP contribution in [0.25, 0.3) is 0 Å². The second-order valence-electron chi connectivity index (χ2n) is 1.75. The number of hydrogen-bond donors (Lipinski definition) is 1. The average molecular weight is 200 g/mol. The van der Waals surface area contributed by atoms with Crippen LogP contribution in [0.2, 0.25) is 0 Å². The van der Waals surface area contributed by atoms with Crippen molar-refractivity contribution in [3.05, 3.63) is 33.3 Å². The van der Waals surface area contributed by atoms with E-state index in [1.807, 2.05) is 0 Å². The van der Waals surface area contributed by atoms with Crippen LogP contribution in [0.15, 0.2) is 23.1 Å². The Bertz CT molecular complexity index is 254. The Morgan fingerprint density at radius 3 is 2.70 bits per heavy atom. The van der Waals surface area contributed by atoms with E-state index < -0.39 is 19.2 Å². The van der Waals surface area contributed by atoms with Crippen LogP contribution < -0.4 is 0 Å². The van der Waals surface area contributed by atoms with Gasteiger partial charge < -0.3 is 0 Å².